The molecule has 0 aromatic heterocycles. The van der Waals surface area contributed by atoms with Crippen LogP contribution in [0.2, 0.25) is 0 Å². The van der Waals surface area contributed by atoms with Crippen LogP contribution in [-0.4, -0.2) is 12.6 Å². The topological polar surface area (TPSA) is 52.3 Å². The molecule has 1 aromatic carbocycles. The third kappa shape index (κ3) is 3.05. The van der Waals surface area contributed by atoms with Crippen LogP contribution in [0.3, 0.4) is 0 Å². The van der Waals surface area contributed by atoms with Crippen molar-refractivity contribution in [2.75, 3.05) is 12.3 Å². The minimum absolute atomic E-state index is 0.0581. The third-order valence-corrected chi connectivity index (χ3v) is 3.41. The van der Waals surface area contributed by atoms with E-state index in [1.165, 1.54) is 6.07 Å². The van der Waals surface area contributed by atoms with Gasteiger partial charge in [0.05, 0.1) is 17.6 Å². The number of hydrogen-bond donors (Lipinski definition) is 1. The second-order valence-electron chi connectivity index (χ2n) is 4.71. The van der Waals surface area contributed by atoms with Crippen LogP contribution in [0.5, 0.6) is 0 Å². The number of carbonyl (C=O) groups excluding carboxylic acids is 1. The van der Waals surface area contributed by atoms with Gasteiger partial charge < -0.3 is 10.5 Å². The first kappa shape index (κ1) is 16.3. The average Bonchev–Trinajstić information content (AvgIpc) is 2.36. The molecule has 0 radical (unpaired) electrons. The molecule has 0 saturated heterocycles. The summed E-state index contributed by atoms with van der Waals surface area (Å²) in [6.45, 7) is 5.25. The number of nitrogen functional groups attached to an aromatic ring is 1. The summed E-state index contributed by atoms with van der Waals surface area (Å²) in [6, 6.07) is 3.03. The van der Waals surface area contributed by atoms with Crippen molar-refractivity contribution in [1.29, 1.82) is 0 Å². The molecule has 112 valence electrons. The van der Waals surface area contributed by atoms with Crippen molar-refractivity contribution in [2.24, 2.45) is 0 Å². The second kappa shape index (κ2) is 5.73. The van der Waals surface area contributed by atoms with E-state index < -0.39 is 23.1 Å². The van der Waals surface area contributed by atoms with E-state index in [1.54, 1.807) is 20.8 Å². The smallest absolute Gasteiger partial charge is 0.416 e. The van der Waals surface area contributed by atoms with E-state index in [9.17, 15) is 18.0 Å². The second-order valence-corrected chi connectivity index (χ2v) is 4.71. The molecule has 1 unspecified atom stereocenters. The number of hydrogen-bond acceptors (Lipinski definition) is 3. The molecule has 3 nitrogen and oxygen atoms in total. The minimum Gasteiger partial charge on any atom is -0.465 e. The van der Waals surface area contributed by atoms with Gasteiger partial charge in [-0.3, -0.25) is 4.79 Å². The molecule has 0 amide bonds. The molecule has 2 N–H and O–H groups in total. The Balaban J connectivity index is 3.27. The maximum atomic E-state index is 12.6. The van der Waals surface area contributed by atoms with Gasteiger partial charge in [-0.15, -0.1) is 0 Å². The standard InChI is InChI=1S/C14H18F3NO2/c1-4-13(3,12(19)20-5-2)10-7-6-9(8-11(10)18)14(15,16)17/h6-8H,4-5,18H2,1-3H3. The van der Waals surface area contributed by atoms with Gasteiger partial charge in [0.25, 0.3) is 0 Å². The Morgan fingerprint density at radius 2 is 1.90 bits per heavy atom. The van der Waals surface area contributed by atoms with Crippen molar-refractivity contribution in [2.45, 2.75) is 38.8 Å². The molecule has 0 spiro atoms. The van der Waals surface area contributed by atoms with Crippen LogP contribution in [-0.2, 0) is 21.1 Å². The van der Waals surface area contributed by atoms with Gasteiger partial charge in [-0.25, -0.2) is 0 Å². The number of benzene rings is 1. The Morgan fingerprint density at radius 3 is 2.30 bits per heavy atom. The predicted octanol–water partition coefficient (Wildman–Crippen LogP) is 3.52. The van der Waals surface area contributed by atoms with Crippen LogP contribution >= 0.6 is 0 Å². The maximum Gasteiger partial charge on any atom is 0.416 e. The number of esters is 1. The molecule has 1 rings (SSSR count). The van der Waals surface area contributed by atoms with E-state index in [2.05, 4.69) is 0 Å². The van der Waals surface area contributed by atoms with Gasteiger partial charge >= 0.3 is 12.1 Å². The van der Waals surface area contributed by atoms with Crippen molar-refractivity contribution >= 4 is 11.7 Å². The van der Waals surface area contributed by atoms with Crippen molar-refractivity contribution in [3.8, 4) is 0 Å². The zero-order valence-corrected chi connectivity index (χ0v) is 11.7. The molecule has 20 heavy (non-hydrogen) atoms. The van der Waals surface area contributed by atoms with Gasteiger partial charge in [0.1, 0.15) is 0 Å². The minimum atomic E-state index is -4.46. The zero-order chi connectivity index (χ0) is 15.6. The average molecular weight is 289 g/mol. The van der Waals surface area contributed by atoms with E-state index in [4.69, 9.17) is 10.5 Å². The van der Waals surface area contributed by atoms with E-state index in [-0.39, 0.29) is 12.3 Å². The lowest BCUT2D eigenvalue weighted by atomic mass is 9.79. The van der Waals surface area contributed by atoms with Gasteiger partial charge in [-0.05, 0) is 38.0 Å². The van der Waals surface area contributed by atoms with Gasteiger partial charge in [0, 0.05) is 5.69 Å². The van der Waals surface area contributed by atoms with Gasteiger partial charge in [-0.1, -0.05) is 13.0 Å². The highest BCUT2D eigenvalue weighted by Crippen LogP contribution is 2.37. The lowest BCUT2D eigenvalue weighted by Gasteiger charge is -2.28. The van der Waals surface area contributed by atoms with Crippen LogP contribution < -0.4 is 5.73 Å². The summed E-state index contributed by atoms with van der Waals surface area (Å²) in [5, 5.41) is 0. The van der Waals surface area contributed by atoms with Gasteiger partial charge in [0.2, 0.25) is 0 Å². The predicted molar refractivity (Wildman–Crippen MR) is 70.1 cm³/mol. The van der Waals surface area contributed by atoms with Crippen molar-refractivity contribution in [3.63, 3.8) is 0 Å². The molecule has 0 aliphatic carbocycles. The number of alkyl halides is 3. The van der Waals surface area contributed by atoms with Gasteiger partial charge in [0.15, 0.2) is 0 Å². The molecule has 0 aliphatic rings. The summed E-state index contributed by atoms with van der Waals surface area (Å²) < 4.78 is 42.8. The van der Waals surface area contributed by atoms with E-state index in [0.717, 1.165) is 12.1 Å². The van der Waals surface area contributed by atoms with E-state index in [1.807, 2.05) is 0 Å². The molecule has 1 aromatic rings. The van der Waals surface area contributed by atoms with Crippen molar-refractivity contribution < 1.29 is 22.7 Å². The fourth-order valence-corrected chi connectivity index (χ4v) is 1.98. The molecular weight excluding hydrogens is 271 g/mol. The Labute approximate surface area is 115 Å². The molecule has 6 heteroatoms. The Bertz CT molecular complexity index is 500. The molecule has 0 heterocycles. The SMILES string of the molecule is CCOC(=O)C(C)(CC)c1ccc(C(F)(F)F)cc1N. The maximum absolute atomic E-state index is 12.6. The highest BCUT2D eigenvalue weighted by molar-refractivity contribution is 5.85. The first-order valence-corrected chi connectivity index (χ1v) is 6.31. The number of rotatable bonds is 4. The van der Waals surface area contributed by atoms with Crippen LogP contribution in [0.4, 0.5) is 18.9 Å². The first-order valence-electron chi connectivity index (χ1n) is 6.31. The molecule has 0 saturated carbocycles. The third-order valence-electron chi connectivity index (χ3n) is 3.41. The summed E-state index contributed by atoms with van der Waals surface area (Å²) in [7, 11) is 0. The fourth-order valence-electron chi connectivity index (χ4n) is 1.98. The summed E-state index contributed by atoms with van der Waals surface area (Å²) in [5.41, 5.74) is 4.12. The Kier molecular flexibility index (Phi) is 4.68. The normalized spacial score (nSPS) is 14.7. The van der Waals surface area contributed by atoms with Gasteiger partial charge in [-0.2, -0.15) is 13.2 Å². The summed E-state index contributed by atoms with van der Waals surface area (Å²) in [5.74, 6) is -0.492. The van der Waals surface area contributed by atoms with E-state index in [0.29, 0.717) is 12.0 Å². The highest BCUT2D eigenvalue weighted by Gasteiger charge is 2.38. The van der Waals surface area contributed by atoms with Crippen LogP contribution in [0.15, 0.2) is 18.2 Å². The monoisotopic (exact) mass is 289 g/mol. The first-order chi connectivity index (χ1) is 9.16. The summed E-state index contributed by atoms with van der Waals surface area (Å²) in [4.78, 5) is 12.0. The van der Waals surface area contributed by atoms with Crippen molar-refractivity contribution in [1.82, 2.24) is 0 Å². The van der Waals surface area contributed by atoms with Crippen LogP contribution in [0.25, 0.3) is 0 Å². The largest absolute Gasteiger partial charge is 0.465 e. The molecule has 0 aliphatic heterocycles. The zero-order valence-electron chi connectivity index (χ0n) is 11.7. The van der Waals surface area contributed by atoms with E-state index >= 15 is 0 Å². The summed E-state index contributed by atoms with van der Waals surface area (Å²) in [6.07, 6.45) is -4.08. The highest BCUT2D eigenvalue weighted by atomic mass is 19.4. The molecule has 0 fully saturated rings. The number of ether oxygens (including phenoxy) is 1. The lowest BCUT2D eigenvalue weighted by molar-refractivity contribution is -0.149. The fraction of sp³-hybridized carbons (Fsp3) is 0.500. The summed E-state index contributed by atoms with van der Waals surface area (Å²) >= 11 is 0. The van der Waals surface area contributed by atoms with Crippen molar-refractivity contribution in [3.05, 3.63) is 29.3 Å². The molecule has 1 atom stereocenters. The lowest BCUT2D eigenvalue weighted by Crippen LogP contribution is -2.34. The quantitative estimate of drug-likeness (QED) is 0.681. The van der Waals surface area contributed by atoms with Crippen LogP contribution in [0, 0.1) is 0 Å². The number of halogens is 3. The number of carbonyl (C=O) groups is 1. The Hall–Kier alpha value is -1.72. The molecular formula is C14H18F3NO2. The number of anilines is 1. The number of nitrogens with two attached hydrogens (primary N) is 1. The molecule has 0 bridgehead atoms. The Morgan fingerprint density at radius 1 is 1.30 bits per heavy atom. The van der Waals surface area contributed by atoms with Crippen LogP contribution in [0.1, 0.15) is 38.3 Å².